The highest BCUT2D eigenvalue weighted by Crippen LogP contribution is 2.08. The summed E-state index contributed by atoms with van der Waals surface area (Å²) in [6, 6.07) is 9.33. The number of nitrogens with zero attached hydrogens (tertiary/aromatic N) is 5. The molecule has 0 aliphatic heterocycles. The van der Waals surface area contributed by atoms with E-state index in [1.54, 1.807) is 30.3 Å². The number of aromatic nitrogens is 5. The number of aromatic amines is 1. The second kappa shape index (κ2) is 6.56. The van der Waals surface area contributed by atoms with E-state index < -0.39 is 0 Å². The van der Waals surface area contributed by atoms with Crippen molar-refractivity contribution in [3.05, 3.63) is 68.0 Å². The van der Waals surface area contributed by atoms with Gasteiger partial charge in [-0.1, -0.05) is 18.2 Å². The van der Waals surface area contributed by atoms with Crippen LogP contribution < -0.4 is 16.5 Å². The van der Waals surface area contributed by atoms with Gasteiger partial charge in [0.15, 0.2) is 0 Å². The first-order valence-corrected chi connectivity index (χ1v) is 7.55. The molecule has 0 saturated carbocycles. The summed E-state index contributed by atoms with van der Waals surface area (Å²) in [4.78, 5) is 26.5. The van der Waals surface area contributed by atoms with Gasteiger partial charge in [0.2, 0.25) is 5.95 Å². The lowest BCUT2D eigenvalue weighted by Gasteiger charge is -2.07. The molecule has 3 aromatic rings. The van der Waals surface area contributed by atoms with Crippen LogP contribution in [-0.2, 0) is 7.05 Å². The first-order chi connectivity index (χ1) is 12.0. The van der Waals surface area contributed by atoms with Crippen LogP contribution in [0.2, 0.25) is 0 Å². The summed E-state index contributed by atoms with van der Waals surface area (Å²) in [6.07, 6.45) is 1.50. The first-order valence-electron chi connectivity index (χ1n) is 7.55. The number of aryl methyl sites for hydroxylation is 1. The Morgan fingerprint density at radius 1 is 1.16 bits per heavy atom. The largest absolute Gasteiger partial charge is 0.288 e. The fourth-order valence-corrected chi connectivity index (χ4v) is 2.39. The highest BCUT2D eigenvalue weighted by atomic mass is 16.1. The number of anilines is 1. The summed E-state index contributed by atoms with van der Waals surface area (Å²) >= 11 is 0. The van der Waals surface area contributed by atoms with Crippen molar-refractivity contribution in [3.63, 3.8) is 0 Å². The molecule has 9 nitrogen and oxygen atoms in total. The van der Waals surface area contributed by atoms with Crippen LogP contribution in [0.15, 0.2) is 45.0 Å². The predicted octanol–water partition coefficient (Wildman–Crippen LogP) is 0.717. The van der Waals surface area contributed by atoms with E-state index in [-0.39, 0.29) is 22.8 Å². The monoisotopic (exact) mass is 339 g/mol. The molecule has 1 aromatic carbocycles. The minimum atomic E-state index is -0.341. The number of nitrogens with one attached hydrogen (secondary N) is 2. The Morgan fingerprint density at radius 2 is 1.88 bits per heavy atom. The van der Waals surface area contributed by atoms with Crippen molar-refractivity contribution in [1.29, 1.82) is 0 Å². The van der Waals surface area contributed by atoms with Crippen molar-refractivity contribution >= 4 is 12.2 Å². The zero-order valence-corrected chi connectivity index (χ0v) is 14.0. The van der Waals surface area contributed by atoms with E-state index >= 15 is 0 Å². The lowest BCUT2D eigenvalue weighted by molar-refractivity contribution is 0.643. The molecule has 0 aliphatic rings. The number of benzene rings is 1. The van der Waals surface area contributed by atoms with Gasteiger partial charge in [-0.05, 0) is 26.0 Å². The summed E-state index contributed by atoms with van der Waals surface area (Å²) < 4.78 is 3.27. The predicted molar refractivity (Wildman–Crippen MR) is 94.4 cm³/mol. The minimum Gasteiger partial charge on any atom is -0.288 e. The molecule has 0 radical (unpaired) electrons. The van der Waals surface area contributed by atoms with Crippen LogP contribution >= 0.6 is 0 Å². The Kier molecular flexibility index (Phi) is 4.29. The lowest BCUT2D eigenvalue weighted by atomic mass is 10.3. The average Bonchev–Trinajstić information content (AvgIpc) is 2.82. The Balaban J connectivity index is 1.92. The van der Waals surface area contributed by atoms with E-state index in [1.807, 2.05) is 30.3 Å². The lowest BCUT2D eigenvalue weighted by Crippen LogP contribution is -2.20. The molecule has 0 unspecified atom stereocenters. The molecule has 0 spiro atoms. The number of rotatable bonds is 4. The van der Waals surface area contributed by atoms with Gasteiger partial charge in [0.25, 0.3) is 11.1 Å². The number of hydrogen-bond donors (Lipinski definition) is 2. The van der Waals surface area contributed by atoms with Crippen LogP contribution in [0.25, 0.3) is 5.69 Å². The molecule has 0 atom stereocenters. The first kappa shape index (κ1) is 16.4. The smallest absolute Gasteiger partial charge is 0.274 e. The zero-order valence-electron chi connectivity index (χ0n) is 14.0. The molecule has 0 fully saturated rings. The van der Waals surface area contributed by atoms with Crippen molar-refractivity contribution in [2.45, 2.75) is 13.8 Å². The van der Waals surface area contributed by atoms with Crippen LogP contribution in [0.3, 0.4) is 0 Å². The van der Waals surface area contributed by atoms with Crippen LogP contribution in [0.5, 0.6) is 0 Å². The fraction of sp³-hybridized carbons (Fsp3) is 0.188. The fourth-order valence-electron chi connectivity index (χ4n) is 2.39. The SMILES string of the molecule is Cc1nnc(N/N=C\c2c(C)c(=O)n(-c3ccccc3)n2C)[nH]c1=O. The van der Waals surface area contributed by atoms with Gasteiger partial charge in [-0.3, -0.25) is 19.3 Å². The van der Waals surface area contributed by atoms with Gasteiger partial charge in [0, 0.05) is 12.6 Å². The molecule has 0 saturated heterocycles. The van der Waals surface area contributed by atoms with Crippen molar-refractivity contribution in [2.24, 2.45) is 12.1 Å². The van der Waals surface area contributed by atoms with Crippen molar-refractivity contribution in [2.75, 3.05) is 5.43 Å². The second-order valence-electron chi connectivity index (χ2n) is 5.44. The van der Waals surface area contributed by atoms with E-state index in [1.165, 1.54) is 6.21 Å². The molecule has 0 bridgehead atoms. The van der Waals surface area contributed by atoms with E-state index in [0.717, 1.165) is 5.69 Å². The van der Waals surface area contributed by atoms with Gasteiger partial charge >= 0.3 is 0 Å². The summed E-state index contributed by atoms with van der Waals surface area (Å²) in [5.41, 5.74) is 4.35. The van der Waals surface area contributed by atoms with Gasteiger partial charge in [0.05, 0.1) is 17.6 Å². The number of hydrogen-bond acceptors (Lipinski definition) is 6. The molecule has 25 heavy (non-hydrogen) atoms. The van der Waals surface area contributed by atoms with E-state index in [2.05, 4.69) is 25.7 Å². The maximum Gasteiger partial charge on any atom is 0.274 e. The van der Waals surface area contributed by atoms with Crippen molar-refractivity contribution in [3.8, 4) is 5.69 Å². The standard InChI is InChI=1S/C16H17N7O2/c1-10-13(9-17-20-16-18-14(24)11(2)19-21-16)22(3)23(15(10)25)12-7-5-4-6-8-12/h4-9H,1-3H3,(H2,18,20,21,24)/b17-9-. The second-order valence-corrected chi connectivity index (χ2v) is 5.44. The minimum absolute atomic E-state index is 0.122. The zero-order chi connectivity index (χ0) is 18.0. The highest BCUT2D eigenvalue weighted by molar-refractivity contribution is 5.79. The summed E-state index contributed by atoms with van der Waals surface area (Å²) in [5.74, 6) is 0.122. The maximum atomic E-state index is 12.5. The third kappa shape index (κ3) is 3.11. The summed E-state index contributed by atoms with van der Waals surface area (Å²) in [6.45, 7) is 3.29. The molecule has 2 heterocycles. The Hall–Kier alpha value is -3.49. The summed E-state index contributed by atoms with van der Waals surface area (Å²) in [7, 11) is 1.77. The maximum absolute atomic E-state index is 12.5. The molecule has 2 aromatic heterocycles. The van der Waals surface area contributed by atoms with E-state index in [4.69, 9.17) is 0 Å². The number of para-hydroxylation sites is 1. The molecule has 3 rings (SSSR count). The number of H-pyrrole nitrogens is 1. The van der Waals surface area contributed by atoms with Gasteiger partial charge in [-0.25, -0.2) is 10.1 Å². The quantitative estimate of drug-likeness (QED) is 0.537. The molecule has 0 aliphatic carbocycles. The third-order valence-electron chi connectivity index (χ3n) is 3.76. The molecule has 0 amide bonds. The normalized spacial score (nSPS) is 11.2. The van der Waals surface area contributed by atoms with Crippen LogP contribution in [0.1, 0.15) is 17.0 Å². The van der Waals surface area contributed by atoms with Crippen molar-refractivity contribution in [1.82, 2.24) is 24.5 Å². The third-order valence-corrected chi connectivity index (χ3v) is 3.76. The Labute approximate surface area is 142 Å². The number of hydrazone groups is 1. The topological polar surface area (TPSA) is 110 Å². The van der Waals surface area contributed by atoms with Gasteiger partial charge in [-0.2, -0.15) is 5.10 Å². The van der Waals surface area contributed by atoms with Crippen LogP contribution in [0.4, 0.5) is 5.95 Å². The van der Waals surface area contributed by atoms with Gasteiger partial charge < -0.3 is 0 Å². The van der Waals surface area contributed by atoms with Gasteiger partial charge in [-0.15, -0.1) is 10.2 Å². The Bertz CT molecular complexity index is 1040. The highest BCUT2D eigenvalue weighted by Gasteiger charge is 2.14. The molecular formula is C16H17N7O2. The molecule has 9 heteroatoms. The van der Waals surface area contributed by atoms with Crippen LogP contribution in [0, 0.1) is 13.8 Å². The molecule has 128 valence electrons. The van der Waals surface area contributed by atoms with E-state index in [0.29, 0.717) is 11.3 Å². The van der Waals surface area contributed by atoms with Gasteiger partial charge in [0.1, 0.15) is 5.69 Å². The van der Waals surface area contributed by atoms with E-state index in [9.17, 15) is 9.59 Å². The molecule has 2 N–H and O–H groups in total. The van der Waals surface area contributed by atoms with Crippen LogP contribution in [-0.4, -0.2) is 30.8 Å². The summed E-state index contributed by atoms with van der Waals surface area (Å²) in [5, 5.41) is 11.5. The Morgan fingerprint density at radius 3 is 2.56 bits per heavy atom. The molecular weight excluding hydrogens is 322 g/mol. The average molecular weight is 339 g/mol. The van der Waals surface area contributed by atoms with Crippen molar-refractivity contribution < 1.29 is 0 Å².